The summed E-state index contributed by atoms with van der Waals surface area (Å²) in [6.07, 6.45) is 2.91. The molecule has 194 valence electrons. The highest BCUT2D eigenvalue weighted by atomic mass is 35.5. The van der Waals surface area contributed by atoms with Crippen molar-refractivity contribution in [3.63, 3.8) is 0 Å². The van der Waals surface area contributed by atoms with Crippen LogP contribution in [-0.2, 0) is 4.79 Å². The minimum Gasteiger partial charge on any atom is -0.347 e. The average Bonchev–Trinajstić information content (AvgIpc) is 3.87. The van der Waals surface area contributed by atoms with Gasteiger partial charge in [0.1, 0.15) is 17.7 Å². The Morgan fingerprint density at radius 1 is 0.868 bits per heavy atom. The molecule has 2 aliphatic carbocycles. The molecule has 3 aliphatic rings. The van der Waals surface area contributed by atoms with Gasteiger partial charge in [0.2, 0.25) is 5.91 Å². The Bertz CT molecular complexity index is 1440. The molecule has 3 fully saturated rings. The minimum atomic E-state index is -0.744. The van der Waals surface area contributed by atoms with Crippen LogP contribution in [0, 0.1) is 23.5 Å². The van der Waals surface area contributed by atoms with Crippen LogP contribution >= 0.6 is 11.6 Å². The summed E-state index contributed by atoms with van der Waals surface area (Å²) in [4.78, 5) is 41.7. The zero-order valence-electron chi connectivity index (χ0n) is 20.4. The molecule has 8 heteroatoms. The van der Waals surface area contributed by atoms with E-state index in [-0.39, 0.29) is 46.1 Å². The predicted octanol–water partition coefficient (Wildman–Crippen LogP) is 5.72. The fourth-order valence-corrected chi connectivity index (χ4v) is 5.74. The van der Waals surface area contributed by atoms with Crippen molar-refractivity contribution in [3.8, 4) is 0 Å². The van der Waals surface area contributed by atoms with Crippen molar-refractivity contribution in [1.82, 2.24) is 10.2 Å². The number of rotatable bonds is 7. The van der Waals surface area contributed by atoms with Gasteiger partial charge in [0.25, 0.3) is 5.91 Å². The Morgan fingerprint density at radius 2 is 1.58 bits per heavy atom. The molecule has 3 aromatic rings. The fraction of sp³-hybridized carbons (Fsp3) is 0.300. The molecule has 38 heavy (non-hydrogen) atoms. The van der Waals surface area contributed by atoms with E-state index < -0.39 is 23.7 Å². The van der Waals surface area contributed by atoms with Crippen LogP contribution in [0.3, 0.4) is 0 Å². The van der Waals surface area contributed by atoms with E-state index in [0.29, 0.717) is 23.1 Å². The van der Waals surface area contributed by atoms with Crippen LogP contribution in [0.15, 0.2) is 66.7 Å². The summed E-state index contributed by atoms with van der Waals surface area (Å²) in [6, 6.07) is 15.9. The molecule has 5 nitrogen and oxygen atoms in total. The summed E-state index contributed by atoms with van der Waals surface area (Å²) in [7, 11) is 0. The normalized spacial score (nSPS) is 22.5. The number of halogens is 3. The Labute approximate surface area is 223 Å². The molecule has 0 unspecified atom stereocenters. The van der Waals surface area contributed by atoms with Crippen LogP contribution in [0.25, 0.3) is 0 Å². The van der Waals surface area contributed by atoms with Gasteiger partial charge in [-0.05, 0) is 61.8 Å². The Hall–Kier alpha value is -3.58. The lowest BCUT2D eigenvalue weighted by Crippen LogP contribution is -2.49. The topological polar surface area (TPSA) is 66.5 Å². The molecule has 1 heterocycles. The first-order chi connectivity index (χ1) is 18.3. The van der Waals surface area contributed by atoms with Crippen molar-refractivity contribution >= 4 is 29.2 Å². The maximum Gasteiger partial charge on any atom is 0.254 e. The third-order valence-corrected chi connectivity index (χ3v) is 8.10. The molecule has 0 spiro atoms. The Balaban J connectivity index is 1.23. The largest absolute Gasteiger partial charge is 0.347 e. The summed E-state index contributed by atoms with van der Waals surface area (Å²) in [5.74, 6) is -2.08. The molecule has 3 aromatic carbocycles. The van der Waals surface area contributed by atoms with Crippen LogP contribution in [0.1, 0.15) is 63.6 Å². The van der Waals surface area contributed by atoms with Crippen molar-refractivity contribution < 1.29 is 23.2 Å². The van der Waals surface area contributed by atoms with Crippen LogP contribution in [-0.4, -0.2) is 34.6 Å². The molecular formula is C30H25ClF2N2O3. The number of likely N-dealkylation sites (tertiary alicyclic amines) is 1. The Kier molecular flexibility index (Phi) is 6.26. The number of hydrogen-bond acceptors (Lipinski definition) is 3. The number of nitrogens with one attached hydrogen (secondary N) is 1. The molecule has 4 atom stereocenters. The third kappa shape index (κ3) is 4.60. The van der Waals surface area contributed by atoms with Gasteiger partial charge in [-0.1, -0.05) is 54.1 Å². The fourth-order valence-electron chi connectivity index (χ4n) is 5.59. The molecule has 0 aromatic heterocycles. The molecule has 1 saturated heterocycles. The zero-order valence-corrected chi connectivity index (χ0v) is 21.1. The lowest BCUT2D eigenvalue weighted by molar-refractivity contribution is -0.126. The second-order valence-corrected chi connectivity index (χ2v) is 10.8. The minimum absolute atomic E-state index is 0.00482. The van der Waals surface area contributed by atoms with Gasteiger partial charge >= 0.3 is 0 Å². The predicted molar refractivity (Wildman–Crippen MR) is 138 cm³/mol. The lowest BCUT2D eigenvalue weighted by atomic mass is 9.99. The average molecular weight is 535 g/mol. The van der Waals surface area contributed by atoms with Gasteiger partial charge in [-0.3, -0.25) is 14.4 Å². The summed E-state index contributed by atoms with van der Waals surface area (Å²) in [5.41, 5.74) is 1.32. The maximum atomic E-state index is 14.7. The van der Waals surface area contributed by atoms with Gasteiger partial charge in [-0.15, -0.1) is 0 Å². The standard InChI is InChI=1S/C30H25ClF2N2O3/c31-22-15-23(32)21(14-24(22)33)27(16-9-10-16)34-29(37)26-13-20-12-25(20)35(26)30(38)19-8-4-7-18(11-19)28(36)17-5-2-1-3-6-17/h1-8,11,14-16,20,25-27H,9-10,12-13H2,(H,34,37)/t20-,25-,26-,27-/m1/s1. The van der Waals surface area contributed by atoms with E-state index >= 15 is 0 Å². The van der Waals surface area contributed by atoms with E-state index in [1.165, 1.54) is 0 Å². The number of ketones is 1. The first kappa shape index (κ1) is 24.7. The van der Waals surface area contributed by atoms with Crippen molar-refractivity contribution in [2.24, 2.45) is 11.8 Å². The number of carbonyl (C=O) groups excluding carboxylic acids is 3. The number of amides is 2. The first-order valence-electron chi connectivity index (χ1n) is 12.8. The van der Waals surface area contributed by atoms with Crippen molar-refractivity contribution in [1.29, 1.82) is 0 Å². The van der Waals surface area contributed by atoms with Crippen molar-refractivity contribution in [2.75, 3.05) is 0 Å². The monoisotopic (exact) mass is 534 g/mol. The molecule has 0 radical (unpaired) electrons. The van der Waals surface area contributed by atoms with E-state index in [4.69, 9.17) is 11.6 Å². The number of carbonyl (C=O) groups is 3. The van der Waals surface area contributed by atoms with E-state index in [1.54, 1.807) is 53.4 Å². The van der Waals surface area contributed by atoms with Gasteiger partial charge < -0.3 is 10.2 Å². The first-order valence-corrected chi connectivity index (χ1v) is 13.2. The summed E-state index contributed by atoms with van der Waals surface area (Å²) >= 11 is 5.73. The summed E-state index contributed by atoms with van der Waals surface area (Å²) in [6.45, 7) is 0. The highest BCUT2D eigenvalue weighted by Crippen LogP contribution is 2.49. The summed E-state index contributed by atoms with van der Waals surface area (Å²) < 4.78 is 28.9. The van der Waals surface area contributed by atoms with E-state index in [2.05, 4.69) is 5.32 Å². The van der Waals surface area contributed by atoms with Crippen LogP contribution in [0.5, 0.6) is 0 Å². The van der Waals surface area contributed by atoms with Gasteiger partial charge in [0.05, 0.1) is 11.1 Å². The SMILES string of the molecule is O=C(c1ccccc1)c1cccc(C(=O)N2[C@@H](C(=O)N[C@@H](c3cc(F)c(Cl)cc3F)C3CC3)C[C@H]3C[C@H]32)c1. The van der Waals surface area contributed by atoms with E-state index in [1.807, 2.05) is 6.07 Å². The quantitative estimate of drug-likeness (QED) is 0.311. The molecule has 2 saturated carbocycles. The van der Waals surface area contributed by atoms with Gasteiger partial charge in [0, 0.05) is 28.3 Å². The second kappa shape index (κ2) is 9.62. The molecule has 1 aliphatic heterocycles. The van der Waals surface area contributed by atoms with Crippen LogP contribution in [0.2, 0.25) is 5.02 Å². The van der Waals surface area contributed by atoms with Crippen LogP contribution < -0.4 is 5.32 Å². The van der Waals surface area contributed by atoms with Gasteiger partial charge in [-0.25, -0.2) is 8.78 Å². The van der Waals surface area contributed by atoms with Gasteiger partial charge in [-0.2, -0.15) is 0 Å². The molecule has 0 bridgehead atoms. The highest BCUT2D eigenvalue weighted by Gasteiger charge is 2.56. The maximum absolute atomic E-state index is 14.7. The molecule has 6 rings (SSSR count). The number of fused-ring (bicyclic) bond motifs is 1. The number of nitrogens with zero attached hydrogens (tertiary/aromatic N) is 1. The van der Waals surface area contributed by atoms with Crippen molar-refractivity contribution in [2.45, 2.75) is 43.8 Å². The van der Waals surface area contributed by atoms with Gasteiger partial charge in [0.15, 0.2) is 5.78 Å². The highest BCUT2D eigenvalue weighted by molar-refractivity contribution is 6.30. The lowest BCUT2D eigenvalue weighted by Gasteiger charge is -2.29. The summed E-state index contributed by atoms with van der Waals surface area (Å²) in [5, 5.41) is 2.60. The number of benzene rings is 3. The zero-order chi connectivity index (χ0) is 26.6. The second-order valence-electron chi connectivity index (χ2n) is 10.4. The Morgan fingerprint density at radius 3 is 2.32 bits per heavy atom. The molecule has 2 amide bonds. The van der Waals surface area contributed by atoms with Crippen molar-refractivity contribution in [3.05, 3.63) is 106 Å². The third-order valence-electron chi connectivity index (χ3n) is 7.82. The van der Waals surface area contributed by atoms with Crippen LogP contribution in [0.4, 0.5) is 8.78 Å². The molecule has 1 N–H and O–H groups in total. The van der Waals surface area contributed by atoms with E-state index in [9.17, 15) is 23.2 Å². The smallest absolute Gasteiger partial charge is 0.254 e. The number of piperidine rings is 1. The van der Waals surface area contributed by atoms with E-state index in [0.717, 1.165) is 31.4 Å². The molecular weight excluding hydrogens is 510 g/mol. The number of hydrogen-bond donors (Lipinski definition) is 1.